The molecule has 2 amide bonds. The van der Waals surface area contributed by atoms with Gasteiger partial charge in [-0.25, -0.2) is 0 Å². The van der Waals surface area contributed by atoms with Gasteiger partial charge >= 0.3 is 0 Å². The molecule has 5 heteroatoms. The van der Waals surface area contributed by atoms with E-state index in [1.54, 1.807) is 29.2 Å². The van der Waals surface area contributed by atoms with E-state index in [0.717, 1.165) is 5.69 Å². The second-order valence-electron chi connectivity index (χ2n) is 5.15. The van der Waals surface area contributed by atoms with E-state index in [1.165, 1.54) is 0 Å². The Morgan fingerprint density at radius 3 is 2.64 bits per heavy atom. The summed E-state index contributed by atoms with van der Waals surface area (Å²) >= 11 is 5.88. The highest BCUT2D eigenvalue weighted by Gasteiger charge is 2.33. The van der Waals surface area contributed by atoms with Crippen LogP contribution in [-0.4, -0.2) is 24.4 Å². The number of rotatable bonds is 3. The maximum atomic E-state index is 12.4. The molecule has 0 radical (unpaired) electrons. The molecule has 1 aliphatic rings. The minimum absolute atomic E-state index is 0.0819. The number of amides is 2. The predicted octanol–water partition coefficient (Wildman–Crippen LogP) is 2.88. The van der Waals surface area contributed by atoms with E-state index in [9.17, 15) is 9.59 Å². The summed E-state index contributed by atoms with van der Waals surface area (Å²) in [5.41, 5.74) is 1.31. The van der Waals surface area contributed by atoms with E-state index in [-0.39, 0.29) is 11.8 Å². The lowest BCUT2D eigenvalue weighted by Crippen LogP contribution is -2.41. The molecule has 0 bridgehead atoms. The van der Waals surface area contributed by atoms with Crippen LogP contribution in [-0.2, 0) is 4.79 Å². The van der Waals surface area contributed by atoms with Crippen molar-refractivity contribution < 1.29 is 9.59 Å². The number of nitrogens with one attached hydrogen (secondary N) is 1. The summed E-state index contributed by atoms with van der Waals surface area (Å²) in [4.78, 5) is 26.3. The predicted molar refractivity (Wildman–Crippen MR) is 86.1 cm³/mol. The number of para-hydroxylation sites is 1. The van der Waals surface area contributed by atoms with Gasteiger partial charge in [0.05, 0.1) is 0 Å². The number of hydrogen-bond donors (Lipinski definition) is 1. The van der Waals surface area contributed by atoms with Gasteiger partial charge in [0.25, 0.3) is 5.91 Å². The first kappa shape index (κ1) is 14.6. The molecule has 1 N–H and O–H groups in total. The number of nitrogens with zero attached hydrogens (tertiary/aromatic N) is 1. The first-order valence-corrected chi connectivity index (χ1v) is 7.46. The van der Waals surface area contributed by atoms with Crippen LogP contribution in [0.15, 0.2) is 54.6 Å². The second kappa shape index (κ2) is 6.20. The highest BCUT2D eigenvalue weighted by molar-refractivity contribution is 6.31. The van der Waals surface area contributed by atoms with E-state index in [1.807, 2.05) is 30.3 Å². The van der Waals surface area contributed by atoms with Crippen molar-refractivity contribution in [2.24, 2.45) is 0 Å². The van der Waals surface area contributed by atoms with Crippen LogP contribution in [0.1, 0.15) is 16.8 Å². The Labute approximate surface area is 133 Å². The molecule has 0 aromatic heterocycles. The van der Waals surface area contributed by atoms with E-state index < -0.39 is 6.04 Å². The monoisotopic (exact) mass is 314 g/mol. The number of benzene rings is 2. The lowest BCUT2D eigenvalue weighted by molar-refractivity contribution is -0.118. The molecule has 1 aliphatic heterocycles. The van der Waals surface area contributed by atoms with Crippen molar-refractivity contribution in [1.82, 2.24) is 5.32 Å². The van der Waals surface area contributed by atoms with Gasteiger partial charge < -0.3 is 10.2 Å². The van der Waals surface area contributed by atoms with Crippen molar-refractivity contribution in [2.75, 3.05) is 11.4 Å². The van der Waals surface area contributed by atoms with Gasteiger partial charge in [-0.05, 0) is 36.8 Å². The average molecular weight is 315 g/mol. The summed E-state index contributed by atoms with van der Waals surface area (Å²) < 4.78 is 0. The van der Waals surface area contributed by atoms with E-state index in [2.05, 4.69) is 5.32 Å². The molecule has 0 aliphatic carbocycles. The first-order valence-electron chi connectivity index (χ1n) is 7.08. The maximum Gasteiger partial charge on any atom is 0.251 e. The van der Waals surface area contributed by atoms with Crippen molar-refractivity contribution in [2.45, 2.75) is 12.5 Å². The first-order chi connectivity index (χ1) is 10.6. The molecule has 0 saturated carbocycles. The Kier molecular flexibility index (Phi) is 4.11. The quantitative estimate of drug-likeness (QED) is 0.947. The molecule has 0 spiro atoms. The summed E-state index contributed by atoms with van der Waals surface area (Å²) in [6, 6.07) is 15.6. The fourth-order valence-corrected chi connectivity index (χ4v) is 2.74. The van der Waals surface area contributed by atoms with Crippen LogP contribution in [0.3, 0.4) is 0 Å². The Balaban J connectivity index is 1.70. The Hall–Kier alpha value is -2.33. The van der Waals surface area contributed by atoms with Crippen molar-refractivity contribution in [1.29, 1.82) is 0 Å². The van der Waals surface area contributed by atoms with Gasteiger partial charge in [-0.15, -0.1) is 0 Å². The third kappa shape index (κ3) is 2.97. The van der Waals surface area contributed by atoms with E-state index in [4.69, 9.17) is 11.6 Å². The number of halogens is 1. The normalized spacial score (nSPS) is 17.6. The van der Waals surface area contributed by atoms with Crippen LogP contribution in [0.25, 0.3) is 0 Å². The minimum atomic E-state index is -0.494. The largest absolute Gasteiger partial charge is 0.340 e. The van der Waals surface area contributed by atoms with Gasteiger partial charge in [-0.1, -0.05) is 35.9 Å². The second-order valence-corrected chi connectivity index (χ2v) is 5.59. The van der Waals surface area contributed by atoms with Crippen molar-refractivity contribution in [3.8, 4) is 0 Å². The fraction of sp³-hybridized carbons (Fsp3) is 0.176. The van der Waals surface area contributed by atoms with E-state index >= 15 is 0 Å². The van der Waals surface area contributed by atoms with Gasteiger partial charge in [0.2, 0.25) is 5.91 Å². The minimum Gasteiger partial charge on any atom is -0.340 e. The molecule has 1 unspecified atom stereocenters. The Bertz CT molecular complexity index is 703. The molecule has 22 heavy (non-hydrogen) atoms. The summed E-state index contributed by atoms with van der Waals surface area (Å²) in [5, 5.41) is 3.28. The van der Waals surface area contributed by atoms with Crippen LogP contribution in [0.2, 0.25) is 5.02 Å². The fourth-order valence-electron chi connectivity index (χ4n) is 2.55. The smallest absolute Gasteiger partial charge is 0.251 e. The molecule has 4 nitrogen and oxygen atoms in total. The molecule has 1 fully saturated rings. The summed E-state index contributed by atoms with van der Waals surface area (Å²) in [7, 11) is 0. The molecule has 112 valence electrons. The van der Waals surface area contributed by atoms with Crippen LogP contribution in [0.5, 0.6) is 0 Å². The van der Waals surface area contributed by atoms with Gasteiger partial charge in [0, 0.05) is 22.8 Å². The average Bonchev–Trinajstić information content (AvgIpc) is 2.89. The van der Waals surface area contributed by atoms with E-state index in [0.29, 0.717) is 23.6 Å². The molecule has 1 atom stereocenters. The van der Waals surface area contributed by atoms with Crippen molar-refractivity contribution >= 4 is 29.1 Å². The molecule has 1 saturated heterocycles. The molecule has 2 aromatic rings. The molecular formula is C17H15ClN2O2. The number of carbonyl (C=O) groups excluding carboxylic acids is 2. The van der Waals surface area contributed by atoms with Crippen LogP contribution >= 0.6 is 11.6 Å². The van der Waals surface area contributed by atoms with Crippen LogP contribution in [0, 0.1) is 0 Å². The molecule has 1 heterocycles. The maximum absolute atomic E-state index is 12.4. The Morgan fingerprint density at radius 1 is 1.14 bits per heavy atom. The number of carbonyl (C=O) groups is 2. The van der Waals surface area contributed by atoms with Gasteiger partial charge in [0.1, 0.15) is 6.04 Å². The lowest BCUT2D eigenvalue weighted by Gasteiger charge is -2.17. The van der Waals surface area contributed by atoms with Crippen LogP contribution in [0.4, 0.5) is 5.69 Å². The highest BCUT2D eigenvalue weighted by Crippen LogP contribution is 2.21. The highest BCUT2D eigenvalue weighted by atomic mass is 35.5. The molecule has 2 aromatic carbocycles. The van der Waals surface area contributed by atoms with Gasteiger partial charge in [-0.3, -0.25) is 9.59 Å². The van der Waals surface area contributed by atoms with Gasteiger partial charge in [0.15, 0.2) is 0 Å². The standard InChI is InChI=1S/C17H15ClN2O2/c18-13-6-4-5-12(11-13)16(21)19-15-9-10-20(17(15)22)14-7-2-1-3-8-14/h1-8,11,15H,9-10H2,(H,19,21). The van der Waals surface area contributed by atoms with Crippen LogP contribution < -0.4 is 10.2 Å². The zero-order valence-corrected chi connectivity index (χ0v) is 12.6. The Morgan fingerprint density at radius 2 is 1.91 bits per heavy atom. The SMILES string of the molecule is O=C(NC1CCN(c2ccccc2)C1=O)c1cccc(Cl)c1. The molecule has 3 rings (SSSR count). The number of anilines is 1. The lowest BCUT2D eigenvalue weighted by atomic mass is 10.2. The van der Waals surface area contributed by atoms with Crippen molar-refractivity contribution in [3.63, 3.8) is 0 Å². The summed E-state index contributed by atoms with van der Waals surface area (Å²) in [5.74, 6) is -0.364. The topological polar surface area (TPSA) is 49.4 Å². The van der Waals surface area contributed by atoms with Crippen molar-refractivity contribution in [3.05, 3.63) is 65.2 Å². The zero-order valence-electron chi connectivity index (χ0n) is 11.8. The molecular weight excluding hydrogens is 300 g/mol. The third-order valence-corrected chi connectivity index (χ3v) is 3.90. The third-order valence-electron chi connectivity index (χ3n) is 3.67. The van der Waals surface area contributed by atoms with Gasteiger partial charge in [-0.2, -0.15) is 0 Å². The zero-order chi connectivity index (χ0) is 15.5. The summed E-state index contributed by atoms with van der Waals surface area (Å²) in [6.45, 7) is 0.601. The number of hydrogen-bond acceptors (Lipinski definition) is 2. The summed E-state index contributed by atoms with van der Waals surface area (Å²) in [6.07, 6.45) is 0.597.